The Labute approximate surface area is 98.1 Å². The predicted octanol–water partition coefficient (Wildman–Crippen LogP) is 1.63. The first kappa shape index (κ1) is 11.2. The Morgan fingerprint density at radius 2 is 2.31 bits per heavy atom. The lowest BCUT2D eigenvalue weighted by Gasteiger charge is -2.15. The molecular formula is C10H15N5S. The van der Waals surface area contributed by atoms with Crippen molar-refractivity contribution < 1.29 is 0 Å². The van der Waals surface area contributed by atoms with E-state index in [0.29, 0.717) is 18.4 Å². The molecule has 2 aromatic heterocycles. The molecule has 0 spiro atoms. The van der Waals surface area contributed by atoms with E-state index < -0.39 is 0 Å². The maximum atomic E-state index is 5.76. The second-order valence-electron chi connectivity index (χ2n) is 4.02. The number of H-pyrrole nitrogens is 1. The van der Waals surface area contributed by atoms with E-state index in [2.05, 4.69) is 39.6 Å². The number of thiazole rings is 1. The van der Waals surface area contributed by atoms with Gasteiger partial charge in [-0.3, -0.25) is 0 Å². The minimum Gasteiger partial charge on any atom is -0.330 e. The molecule has 0 radical (unpaired) electrons. The maximum absolute atomic E-state index is 5.76. The predicted molar refractivity (Wildman–Crippen MR) is 64.1 cm³/mol. The molecule has 1 atom stereocenters. The summed E-state index contributed by atoms with van der Waals surface area (Å²) in [5.41, 5.74) is 7.61. The number of hydrogen-bond acceptors (Lipinski definition) is 5. The molecule has 1 unspecified atom stereocenters. The van der Waals surface area contributed by atoms with Crippen LogP contribution < -0.4 is 5.73 Å². The van der Waals surface area contributed by atoms with Crippen molar-refractivity contribution in [1.29, 1.82) is 0 Å². The number of nitrogens with one attached hydrogen (secondary N) is 1. The average molecular weight is 237 g/mol. The smallest absolute Gasteiger partial charge is 0.145 e. The molecule has 0 amide bonds. The molecule has 0 aliphatic rings. The van der Waals surface area contributed by atoms with Gasteiger partial charge in [0.05, 0.1) is 11.9 Å². The van der Waals surface area contributed by atoms with Crippen molar-refractivity contribution in [2.45, 2.75) is 19.8 Å². The highest BCUT2D eigenvalue weighted by Crippen LogP contribution is 2.28. The van der Waals surface area contributed by atoms with Crippen LogP contribution in [0.5, 0.6) is 0 Å². The molecule has 2 aromatic rings. The highest BCUT2D eigenvalue weighted by molar-refractivity contribution is 7.13. The number of rotatable bonds is 4. The average Bonchev–Trinajstić information content (AvgIpc) is 2.86. The summed E-state index contributed by atoms with van der Waals surface area (Å²) in [7, 11) is 0. The van der Waals surface area contributed by atoms with Crippen LogP contribution >= 0.6 is 11.3 Å². The summed E-state index contributed by atoms with van der Waals surface area (Å²) in [6.07, 6.45) is 1.68. The zero-order valence-corrected chi connectivity index (χ0v) is 10.2. The molecule has 0 aromatic carbocycles. The number of aromatic nitrogens is 4. The molecular weight excluding hydrogens is 222 g/mol. The van der Waals surface area contributed by atoms with Crippen molar-refractivity contribution in [2.24, 2.45) is 11.7 Å². The number of aromatic amines is 1. The van der Waals surface area contributed by atoms with Crippen LogP contribution in [0, 0.1) is 5.92 Å². The van der Waals surface area contributed by atoms with Crippen molar-refractivity contribution in [1.82, 2.24) is 20.4 Å². The molecule has 3 N–H and O–H groups in total. The van der Waals surface area contributed by atoms with Crippen molar-refractivity contribution in [3.8, 4) is 10.7 Å². The zero-order valence-electron chi connectivity index (χ0n) is 9.34. The van der Waals surface area contributed by atoms with Gasteiger partial charge in [0, 0.05) is 17.8 Å². The van der Waals surface area contributed by atoms with E-state index >= 15 is 0 Å². The van der Waals surface area contributed by atoms with E-state index in [1.54, 1.807) is 17.5 Å². The fourth-order valence-corrected chi connectivity index (χ4v) is 2.45. The Bertz CT molecular complexity index is 434. The van der Waals surface area contributed by atoms with Crippen LogP contribution in [0.4, 0.5) is 0 Å². The molecule has 16 heavy (non-hydrogen) atoms. The quantitative estimate of drug-likeness (QED) is 0.846. The third-order valence-corrected chi connectivity index (χ3v) is 3.48. The van der Waals surface area contributed by atoms with Gasteiger partial charge >= 0.3 is 0 Å². The lowest BCUT2D eigenvalue weighted by molar-refractivity contribution is 0.498. The molecule has 6 heteroatoms. The van der Waals surface area contributed by atoms with Crippen LogP contribution in [0.3, 0.4) is 0 Å². The van der Waals surface area contributed by atoms with E-state index in [1.807, 2.05) is 0 Å². The van der Waals surface area contributed by atoms with Crippen LogP contribution in [0.15, 0.2) is 11.6 Å². The first-order valence-electron chi connectivity index (χ1n) is 5.24. The number of nitrogens with zero attached hydrogens (tertiary/aromatic N) is 3. The van der Waals surface area contributed by atoms with Gasteiger partial charge in [0.1, 0.15) is 10.7 Å². The highest BCUT2D eigenvalue weighted by atomic mass is 32.1. The number of hydrogen-bond donors (Lipinski definition) is 2. The van der Waals surface area contributed by atoms with Gasteiger partial charge in [0.25, 0.3) is 0 Å². The van der Waals surface area contributed by atoms with E-state index in [1.165, 1.54) is 0 Å². The van der Waals surface area contributed by atoms with Crippen molar-refractivity contribution in [3.05, 3.63) is 17.3 Å². The van der Waals surface area contributed by atoms with Gasteiger partial charge in [0.15, 0.2) is 0 Å². The van der Waals surface area contributed by atoms with Crippen LogP contribution in [0.1, 0.15) is 25.5 Å². The maximum Gasteiger partial charge on any atom is 0.145 e. The monoisotopic (exact) mass is 237 g/mol. The molecule has 2 heterocycles. The summed E-state index contributed by atoms with van der Waals surface area (Å²) in [4.78, 5) is 4.56. The summed E-state index contributed by atoms with van der Waals surface area (Å²) in [5.74, 6) is 0.814. The molecule has 2 rings (SSSR count). The minimum atomic E-state index is 0.317. The molecule has 5 nitrogen and oxygen atoms in total. The van der Waals surface area contributed by atoms with Gasteiger partial charge in [-0.05, 0) is 5.92 Å². The second-order valence-corrected chi connectivity index (χ2v) is 4.88. The van der Waals surface area contributed by atoms with Gasteiger partial charge in [-0.15, -0.1) is 11.3 Å². The SMILES string of the molecule is CC(C)C(CN)c1csc(-c2cn[nH]n2)n1. The minimum absolute atomic E-state index is 0.317. The highest BCUT2D eigenvalue weighted by Gasteiger charge is 2.18. The Morgan fingerprint density at radius 3 is 2.88 bits per heavy atom. The van der Waals surface area contributed by atoms with Gasteiger partial charge in [-0.1, -0.05) is 13.8 Å². The summed E-state index contributed by atoms with van der Waals surface area (Å²) >= 11 is 1.58. The van der Waals surface area contributed by atoms with Crippen LogP contribution in [0.25, 0.3) is 10.7 Å². The topological polar surface area (TPSA) is 80.5 Å². The summed E-state index contributed by atoms with van der Waals surface area (Å²) in [6, 6.07) is 0. The normalized spacial score (nSPS) is 13.2. The van der Waals surface area contributed by atoms with Gasteiger partial charge in [-0.2, -0.15) is 15.4 Å². The third kappa shape index (κ3) is 2.12. The Morgan fingerprint density at radius 1 is 1.50 bits per heavy atom. The fourth-order valence-electron chi connectivity index (χ4n) is 1.61. The first-order valence-corrected chi connectivity index (χ1v) is 6.12. The number of nitrogens with two attached hydrogens (primary N) is 1. The first-order chi connectivity index (χ1) is 7.72. The Hall–Kier alpha value is -1.27. The van der Waals surface area contributed by atoms with E-state index in [-0.39, 0.29) is 0 Å². The van der Waals surface area contributed by atoms with Crippen molar-refractivity contribution in [2.75, 3.05) is 6.54 Å². The molecule has 0 aliphatic carbocycles. The Kier molecular flexibility index (Phi) is 3.31. The van der Waals surface area contributed by atoms with E-state index in [9.17, 15) is 0 Å². The van der Waals surface area contributed by atoms with Gasteiger partial charge in [0.2, 0.25) is 0 Å². The Balaban J connectivity index is 2.25. The van der Waals surface area contributed by atoms with Gasteiger partial charge < -0.3 is 5.73 Å². The third-order valence-electron chi connectivity index (χ3n) is 2.59. The summed E-state index contributed by atoms with van der Waals surface area (Å²) < 4.78 is 0. The summed E-state index contributed by atoms with van der Waals surface area (Å²) in [5, 5.41) is 13.3. The lowest BCUT2D eigenvalue weighted by atomic mass is 9.93. The van der Waals surface area contributed by atoms with E-state index in [0.717, 1.165) is 16.4 Å². The molecule has 0 fully saturated rings. The van der Waals surface area contributed by atoms with Gasteiger partial charge in [-0.25, -0.2) is 4.98 Å². The fraction of sp³-hybridized carbons (Fsp3) is 0.500. The van der Waals surface area contributed by atoms with Crippen LogP contribution in [-0.4, -0.2) is 26.9 Å². The van der Waals surface area contributed by atoms with Crippen molar-refractivity contribution >= 4 is 11.3 Å². The summed E-state index contributed by atoms with van der Waals surface area (Å²) in [6.45, 7) is 4.94. The zero-order chi connectivity index (χ0) is 11.5. The molecule has 0 saturated heterocycles. The molecule has 0 aliphatic heterocycles. The molecule has 0 saturated carbocycles. The van der Waals surface area contributed by atoms with Crippen LogP contribution in [-0.2, 0) is 0 Å². The van der Waals surface area contributed by atoms with E-state index in [4.69, 9.17) is 5.73 Å². The largest absolute Gasteiger partial charge is 0.330 e. The van der Waals surface area contributed by atoms with Crippen molar-refractivity contribution in [3.63, 3.8) is 0 Å². The second kappa shape index (κ2) is 4.71. The lowest BCUT2D eigenvalue weighted by Crippen LogP contribution is -2.18. The van der Waals surface area contributed by atoms with Crippen LogP contribution in [0.2, 0.25) is 0 Å². The molecule has 0 bridgehead atoms. The molecule has 86 valence electrons. The standard InChI is InChI=1S/C10H15N5S/c1-6(2)7(3-11)9-5-16-10(13-9)8-4-12-15-14-8/h4-7H,3,11H2,1-2H3,(H,12,14,15).